The zero-order chi connectivity index (χ0) is 34.4. The highest BCUT2D eigenvalue weighted by atomic mass is 16.3. The van der Waals surface area contributed by atoms with Crippen LogP contribution >= 0.6 is 0 Å². The molecule has 0 spiro atoms. The Morgan fingerprint density at radius 2 is 0.923 bits per heavy atom. The van der Waals surface area contributed by atoms with Gasteiger partial charge in [0.25, 0.3) is 0 Å². The van der Waals surface area contributed by atoms with Crippen LogP contribution < -0.4 is 4.90 Å². The molecule has 0 saturated heterocycles. The van der Waals surface area contributed by atoms with E-state index in [-0.39, 0.29) is 0 Å². The van der Waals surface area contributed by atoms with Gasteiger partial charge in [0.15, 0.2) is 0 Å². The van der Waals surface area contributed by atoms with Gasteiger partial charge in [0.05, 0.1) is 5.52 Å². The summed E-state index contributed by atoms with van der Waals surface area (Å²) in [6, 6.07) is 66.7. The third kappa shape index (κ3) is 5.19. The Bertz CT molecular complexity index is 2790. The first-order valence-electron chi connectivity index (χ1n) is 17.6. The molecule has 0 bridgehead atoms. The Balaban J connectivity index is 1.12. The van der Waals surface area contributed by atoms with Crippen LogP contribution in [-0.4, -0.2) is 4.98 Å². The number of furan rings is 1. The van der Waals surface area contributed by atoms with E-state index in [4.69, 9.17) is 9.40 Å². The predicted molar refractivity (Wildman–Crippen MR) is 218 cm³/mol. The van der Waals surface area contributed by atoms with E-state index < -0.39 is 0 Å². The fraction of sp³-hybridized carbons (Fsp3) is 0. The smallest absolute Gasteiger partial charge is 0.135 e. The maximum atomic E-state index is 6.45. The molecule has 0 amide bonds. The fourth-order valence-electron chi connectivity index (χ4n) is 7.54. The van der Waals surface area contributed by atoms with Crippen molar-refractivity contribution < 1.29 is 4.42 Å². The van der Waals surface area contributed by atoms with Gasteiger partial charge in [-0.15, -0.1) is 0 Å². The number of hydrogen-bond acceptors (Lipinski definition) is 3. The summed E-state index contributed by atoms with van der Waals surface area (Å²) >= 11 is 0. The van der Waals surface area contributed by atoms with E-state index in [2.05, 4.69) is 187 Å². The number of hydrogen-bond donors (Lipinski definition) is 0. The van der Waals surface area contributed by atoms with Crippen molar-refractivity contribution in [2.45, 2.75) is 0 Å². The van der Waals surface area contributed by atoms with E-state index in [0.29, 0.717) is 0 Å². The average Bonchev–Trinajstić information content (AvgIpc) is 3.59. The molecule has 0 fully saturated rings. The number of fused-ring (bicyclic) bond motifs is 6. The molecule has 244 valence electrons. The molecule has 0 aliphatic heterocycles. The van der Waals surface area contributed by atoms with E-state index in [1.807, 2.05) is 12.3 Å². The highest BCUT2D eigenvalue weighted by Gasteiger charge is 2.17. The van der Waals surface area contributed by atoms with Gasteiger partial charge in [-0.3, -0.25) is 4.98 Å². The summed E-state index contributed by atoms with van der Waals surface area (Å²) in [6.07, 6.45) is 1.88. The van der Waals surface area contributed by atoms with Gasteiger partial charge in [-0.1, -0.05) is 127 Å². The number of anilines is 3. The van der Waals surface area contributed by atoms with Gasteiger partial charge in [-0.05, 0) is 99.4 Å². The SMILES string of the molecule is c1ccc(-c2ccc(N(c3ccc(-c4ccccc4)cc3)c3ccc4oc5ccc(-c6cccc7ccc8cccnc8c67)cc5c4c3)cc2)cc1. The molecule has 3 heteroatoms. The van der Waals surface area contributed by atoms with Gasteiger partial charge in [0, 0.05) is 44.8 Å². The lowest BCUT2D eigenvalue weighted by Gasteiger charge is -2.26. The summed E-state index contributed by atoms with van der Waals surface area (Å²) in [5, 5.41) is 5.63. The van der Waals surface area contributed by atoms with Crippen LogP contribution in [0.25, 0.3) is 77.0 Å². The van der Waals surface area contributed by atoms with E-state index in [1.165, 1.54) is 27.6 Å². The summed E-state index contributed by atoms with van der Waals surface area (Å²) in [5.74, 6) is 0. The Hall–Kier alpha value is -6.97. The lowest BCUT2D eigenvalue weighted by molar-refractivity contribution is 0.669. The third-order valence-corrected chi connectivity index (χ3v) is 10.1. The number of rotatable bonds is 6. The molecule has 0 saturated carbocycles. The molecule has 2 heterocycles. The van der Waals surface area contributed by atoms with Crippen molar-refractivity contribution in [2.24, 2.45) is 0 Å². The first kappa shape index (κ1) is 29.9. The molecule has 0 atom stereocenters. The zero-order valence-electron chi connectivity index (χ0n) is 28.3. The maximum Gasteiger partial charge on any atom is 0.135 e. The molecular weight excluding hydrogens is 633 g/mol. The van der Waals surface area contributed by atoms with Crippen LogP contribution in [0, 0.1) is 0 Å². The first-order valence-corrected chi connectivity index (χ1v) is 17.6. The Morgan fingerprint density at radius 1 is 0.385 bits per heavy atom. The van der Waals surface area contributed by atoms with Crippen molar-refractivity contribution in [3.63, 3.8) is 0 Å². The summed E-state index contributed by atoms with van der Waals surface area (Å²) in [6.45, 7) is 0. The Labute approximate surface area is 301 Å². The lowest BCUT2D eigenvalue weighted by Crippen LogP contribution is -2.09. The molecule has 8 aromatic carbocycles. The van der Waals surface area contributed by atoms with E-state index in [9.17, 15) is 0 Å². The number of benzene rings is 8. The van der Waals surface area contributed by atoms with Crippen LogP contribution in [0.4, 0.5) is 17.1 Å². The maximum absolute atomic E-state index is 6.45. The minimum atomic E-state index is 0.861. The first-order chi connectivity index (χ1) is 25.8. The minimum Gasteiger partial charge on any atom is -0.456 e. The highest BCUT2D eigenvalue weighted by Crippen LogP contribution is 2.42. The van der Waals surface area contributed by atoms with Gasteiger partial charge < -0.3 is 9.32 Å². The molecule has 0 aliphatic carbocycles. The third-order valence-electron chi connectivity index (χ3n) is 10.1. The normalized spacial score (nSPS) is 11.5. The number of pyridine rings is 1. The van der Waals surface area contributed by atoms with Crippen molar-refractivity contribution in [3.8, 4) is 33.4 Å². The fourth-order valence-corrected chi connectivity index (χ4v) is 7.54. The van der Waals surface area contributed by atoms with E-state index >= 15 is 0 Å². The summed E-state index contributed by atoms with van der Waals surface area (Å²) < 4.78 is 6.45. The van der Waals surface area contributed by atoms with Crippen LogP contribution in [0.3, 0.4) is 0 Å². The van der Waals surface area contributed by atoms with Crippen molar-refractivity contribution in [1.29, 1.82) is 0 Å². The molecule has 10 rings (SSSR count). The van der Waals surface area contributed by atoms with Gasteiger partial charge in [-0.25, -0.2) is 0 Å². The van der Waals surface area contributed by atoms with Gasteiger partial charge in [0.2, 0.25) is 0 Å². The molecule has 0 aliphatic rings. The second kappa shape index (κ2) is 12.4. The quantitative estimate of drug-likeness (QED) is 0.166. The Kier molecular flexibility index (Phi) is 7.14. The van der Waals surface area contributed by atoms with Gasteiger partial charge in [-0.2, -0.15) is 0 Å². The molecule has 10 aromatic rings. The molecule has 3 nitrogen and oxygen atoms in total. The van der Waals surface area contributed by atoms with Crippen molar-refractivity contribution in [2.75, 3.05) is 4.90 Å². The monoisotopic (exact) mass is 664 g/mol. The molecule has 0 radical (unpaired) electrons. The standard InChI is InChI=1S/C49H32N2O/c1-3-9-33(10-4-1)35-18-23-40(24-19-35)51(41-25-20-36(21-26-41)34-11-5-2-6-12-34)42-27-29-47-45(32-42)44-31-39(22-28-46(44)52-47)43-15-7-13-37-16-17-38-14-8-30-50-49(38)48(37)43/h1-32H. The average molecular weight is 665 g/mol. The molecular formula is C49H32N2O. The summed E-state index contributed by atoms with van der Waals surface area (Å²) in [7, 11) is 0. The van der Waals surface area contributed by atoms with Gasteiger partial charge >= 0.3 is 0 Å². The van der Waals surface area contributed by atoms with Crippen LogP contribution in [0.1, 0.15) is 0 Å². The highest BCUT2D eigenvalue weighted by molar-refractivity contribution is 6.14. The van der Waals surface area contributed by atoms with Crippen LogP contribution in [-0.2, 0) is 0 Å². The van der Waals surface area contributed by atoms with Crippen LogP contribution in [0.15, 0.2) is 199 Å². The summed E-state index contributed by atoms with van der Waals surface area (Å²) in [4.78, 5) is 7.14. The van der Waals surface area contributed by atoms with Crippen molar-refractivity contribution in [3.05, 3.63) is 194 Å². The van der Waals surface area contributed by atoms with E-state index in [1.54, 1.807) is 0 Å². The molecule has 2 aromatic heterocycles. The number of nitrogens with zero attached hydrogens (tertiary/aromatic N) is 2. The molecule has 0 unspecified atom stereocenters. The zero-order valence-corrected chi connectivity index (χ0v) is 28.3. The second-order valence-electron chi connectivity index (χ2n) is 13.2. The lowest BCUT2D eigenvalue weighted by atomic mass is 9.95. The van der Waals surface area contributed by atoms with E-state index in [0.717, 1.165) is 66.4 Å². The number of aromatic nitrogens is 1. The topological polar surface area (TPSA) is 29.3 Å². The van der Waals surface area contributed by atoms with Gasteiger partial charge in [0.1, 0.15) is 11.2 Å². The van der Waals surface area contributed by atoms with Crippen molar-refractivity contribution >= 4 is 60.7 Å². The van der Waals surface area contributed by atoms with Crippen LogP contribution in [0.5, 0.6) is 0 Å². The Morgan fingerprint density at radius 3 is 1.60 bits per heavy atom. The van der Waals surface area contributed by atoms with Crippen LogP contribution in [0.2, 0.25) is 0 Å². The summed E-state index contributed by atoms with van der Waals surface area (Å²) in [5.41, 5.74) is 13.0. The minimum absolute atomic E-state index is 0.861. The molecule has 52 heavy (non-hydrogen) atoms. The predicted octanol–water partition coefficient (Wildman–Crippen LogP) is 13.8. The molecule has 0 N–H and O–H groups in total. The largest absolute Gasteiger partial charge is 0.456 e. The second-order valence-corrected chi connectivity index (χ2v) is 13.2. The van der Waals surface area contributed by atoms with Crippen molar-refractivity contribution in [1.82, 2.24) is 4.98 Å².